The van der Waals surface area contributed by atoms with Crippen LogP contribution in [0, 0.1) is 24.0 Å². The fourth-order valence-electron chi connectivity index (χ4n) is 2.19. The lowest BCUT2D eigenvalue weighted by Crippen LogP contribution is -2.06. The molecule has 3 heterocycles. The molecule has 0 spiro atoms. The molecule has 0 radical (unpaired) electrons. The topological polar surface area (TPSA) is 119 Å². The predicted molar refractivity (Wildman–Crippen MR) is 93.2 cm³/mol. The molecule has 0 aromatic carbocycles. The van der Waals surface area contributed by atoms with Crippen LogP contribution in [0.5, 0.6) is 0 Å². The smallest absolute Gasteiger partial charge is 0.319 e. The fraction of sp³-hybridized carbons (Fsp3) is 0.125. The molecule has 126 valence electrons. The van der Waals surface area contributed by atoms with Gasteiger partial charge in [-0.3, -0.25) is 10.1 Å². The summed E-state index contributed by atoms with van der Waals surface area (Å²) >= 11 is 0. The van der Waals surface area contributed by atoms with Crippen molar-refractivity contribution >= 4 is 29.0 Å². The summed E-state index contributed by atoms with van der Waals surface area (Å²) in [7, 11) is 0. The number of nitrogens with zero attached hydrogens (tertiary/aromatic N) is 5. The van der Waals surface area contributed by atoms with Crippen LogP contribution in [0.3, 0.4) is 0 Å². The van der Waals surface area contributed by atoms with E-state index in [9.17, 15) is 10.1 Å². The van der Waals surface area contributed by atoms with Gasteiger partial charge in [-0.05, 0) is 49.2 Å². The van der Waals surface area contributed by atoms with Gasteiger partial charge in [0.25, 0.3) is 0 Å². The molecule has 0 bridgehead atoms. The third kappa shape index (κ3) is 3.83. The van der Waals surface area contributed by atoms with E-state index in [0.29, 0.717) is 11.6 Å². The molecule has 0 aliphatic heterocycles. The van der Waals surface area contributed by atoms with Crippen LogP contribution >= 0.6 is 0 Å². The van der Waals surface area contributed by atoms with Crippen LogP contribution in [0.4, 0.5) is 29.0 Å². The van der Waals surface area contributed by atoms with Crippen LogP contribution in [0.25, 0.3) is 0 Å². The van der Waals surface area contributed by atoms with Crippen molar-refractivity contribution in [3.8, 4) is 0 Å². The number of nitro groups is 1. The first-order chi connectivity index (χ1) is 12.0. The zero-order chi connectivity index (χ0) is 17.8. The highest BCUT2D eigenvalue weighted by molar-refractivity contribution is 5.75. The van der Waals surface area contributed by atoms with E-state index in [0.717, 1.165) is 11.1 Å². The highest BCUT2D eigenvalue weighted by Gasteiger charge is 2.23. The molecule has 0 saturated heterocycles. The lowest BCUT2D eigenvalue weighted by Gasteiger charge is -2.09. The van der Waals surface area contributed by atoms with Gasteiger partial charge in [-0.2, -0.15) is 0 Å². The molecule has 0 fully saturated rings. The van der Waals surface area contributed by atoms with E-state index in [4.69, 9.17) is 0 Å². The Balaban J connectivity index is 1.98. The Morgan fingerprint density at radius 3 is 1.76 bits per heavy atom. The minimum absolute atomic E-state index is 0.0493. The Morgan fingerprint density at radius 1 is 0.880 bits per heavy atom. The first kappa shape index (κ1) is 16.2. The largest absolute Gasteiger partial charge is 0.354 e. The Labute approximate surface area is 143 Å². The van der Waals surface area contributed by atoms with Gasteiger partial charge in [0, 0.05) is 12.4 Å². The van der Waals surface area contributed by atoms with Crippen molar-refractivity contribution in [3.63, 3.8) is 0 Å². The van der Waals surface area contributed by atoms with Crippen LogP contribution in [0.2, 0.25) is 0 Å². The van der Waals surface area contributed by atoms with Crippen LogP contribution in [0.15, 0.2) is 43.0 Å². The number of nitrogens with one attached hydrogen (secondary N) is 2. The monoisotopic (exact) mass is 337 g/mol. The average Bonchev–Trinajstić information content (AvgIpc) is 2.55. The Kier molecular flexibility index (Phi) is 4.46. The molecule has 0 amide bonds. The normalized spacial score (nSPS) is 10.3. The molecule has 0 saturated carbocycles. The summed E-state index contributed by atoms with van der Waals surface area (Å²) in [5.41, 5.74) is 1.65. The van der Waals surface area contributed by atoms with Gasteiger partial charge < -0.3 is 10.6 Å². The van der Waals surface area contributed by atoms with E-state index >= 15 is 0 Å². The van der Waals surface area contributed by atoms with Crippen molar-refractivity contribution in [1.82, 2.24) is 19.9 Å². The number of rotatable bonds is 5. The lowest BCUT2D eigenvalue weighted by molar-refractivity contribution is -0.383. The molecule has 0 aliphatic rings. The summed E-state index contributed by atoms with van der Waals surface area (Å²) in [6.45, 7) is 3.80. The zero-order valence-electron chi connectivity index (χ0n) is 13.6. The third-order valence-electron chi connectivity index (χ3n) is 3.33. The second-order valence-corrected chi connectivity index (χ2v) is 5.36. The van der Waals surface area contributed by atoms with Gasteiger partial charge in [0.1, 0.15) is 18.0 Å². The summed E-state index contributed by atoms with van der Waals surface area (Å²) in [6, 6.07) is 7.19. The molecule has 9 nitrogen and oxygen atoms in total. The molecule has 0 atom stereocenters. The van der Waals surface area contributed by atoms with Crippen molar-refractivity contribution in [1.29, 1.82) is 0 Å². The molecule has 3 rings (SSSR count). The fourth-order valence-corrected chi connectivity index (χ4v) is 2.19. The zero-order valence-corrected chi connectivity index (χ0v) is 13.6. The minimum Gasteiger partial charge on any atom is -0.319 e. The first-order valence-electron chi connectivity index (χ1n) is 7.41. The quantitative estimate of drug-likeness (QED) is 0.538. The summed E-state index contributed by atoms with van der Waals surface area (Å²) < 4.78 is 0. The summed E-state index contributed by atoms with van der Waals surface area (Å²) in [4.78, 5) is 27.2. The standard InChI is InChI=1S/C16H15N7O2/c1-10-3-5-17-12(7-10)21-15-14(23(24)25)16(20-9-19-15)22-13-8-11(2)4-6-18-13/h3-9H,1-2H3,(H2,17,18,19,20,21,22). The minimum atomic E-state index is -0.545. The second-order valence-electron chi connectivity index (χ2n) is 5.36. The highest BCUT2D eigenvalue weighted by atomic mass is 16.6. The number of hydrogen-bond acceptors (Lipinski definition) is 8. The van der Waals surface area contributed by atoms with Crippen molar-refractivity contribution in [2.24, 2.45) is 0 Å². The predicted octanol–water partition coefficient (Wildman–Crippen LogP) is 3.28. The van der Waals surface area contributed by atoms with Crippen LogP contribution in [-0.4, -0.2) is 24.9 Å². The average molecular weight is 337 g/mol. The third-order valence-corrected chi connectivity index (χ3v) is 3.33. The number of aryl methyl sites for hydroxylation is 2. The molecule has 3 aromatic rings. The highest BCUT2D eigenvalue weighted by Crippen LogP contribution is 2.32. The SMILES string of the molecule is Cc1ccnc(Nc2ncnc(Nc3cc(C)ccn3)c2[N+](=O)[O-])c1. The maximum Gasteiger partial charge on any atom is 0.354 e. The molecular weight excluding hydrogens is 322 g/mol. The number of aromatic nitrogens is 4. The van der Waals surface area contributed by atoms with Gasteiger partial charge in [-0.25, -0.2) is 19.9 Å². The van der Waals surface area contributed by atoms with Gasteiger partial charge in [0.15, 0.2) is 0 Å². The van der Waals surface area contributed by atoms with E-state index in [-0.39, 0.29) is 17.3 Å². The number of anilines is 4. The first-order valence-corrected chi connectivity index (χ1v) is 7.41. The summed E-state index contributed by atoms with van der Waals surface area (Å²) in [5.74, 6) is 1.02. The summed E-state index contributed by atoms with van der Waals surface area (Å²) in [5, 5.41) is 17.3. The molecule has 0 aliphatic carbocycles. The van der Waals surface area contributed by atoms with Crippen LogP contribution < -0.4 is 10.6 Å². The van der Waals surface area contributed by atoms with Gasteiger partial charge in [0.2, 0.25) is 11.6 Å². The number of pyridine rings is 2. The van der Waals surface area contributed by atoms with Crippen molar-refractivity contribution in [3.05, 3.63) is 64.2 Å². The molecular formula is C16H15N7O2. The Hall–Kier alpha value is -3.62. The van der Waals surface area contributed by atoms with Crippen molar-refractivity contribution < 1.29 is 4.92 Å². The molecule has 0 unspecified atom stereocenters. The Bertz CT molecular complexity index is 864. The molecule has 9 heteroatoms. The summed E-state index contributed by atoms with van der Waals surface area (Å²) in [6.07, 6.45) is 4.46. The maximum atomic E-state index is 11.6. The maximum absolute atomic E-state index is 11.6. The van der Waals surface area contributed by atoms with E-state index in [2.05, 4.69) is 30.6 Å². The Morgan fingerprint density at radius 2 is 1.36 bits per heavy atom. The molecule has 3 aromatic heterocycles. The van der Waals surface area contributed by atoms with Gasteiger partial charge in [-0.1, -0.05) is 0 Å². The van der Waals surface area contributed by atoms with Crippen molar-refractivity contribution in [2.75, 3.05) is 10.6 Å². The van der Waals surface area contributed by atoms with Crippen LogP contribution in [-0.2, 0) is 0 Å². The van der Waals surface area contributed by atoms with Gasteiger partial charge in [-0.15, -0.1) is 0 Å². The number of hydrogen-bond donors (Lipinski definition) is 2. The van der Waals surface area contributed by atoms with E-state index in [1.807, 2.05) is 26.0 Å². The molecule has 25 heavy (non-hydrogen) atoms. The van der Waals surface area contributed by atoms with E-state index < -0.39 is 4.92 Å². The molecule has 2 N–H and O–H groups in total. The van der Waals surface area contributed by atoms with Gasteiger partial charge >= 0.3 is 5.69 Å². The van der Waals surface area contributed by atoms with E-state index in [1.165, 1.54) is 6.33 Å². The lowest BCUT2D eigenvalue weighted by atomic mass is 10.3. The van der Waals surface area contributed by atoms with Gasteiger partial charge in [0.05, 0.1) is 4.92 Å². The second kappa shape index (κ2) is 6.87. The van der Waals surface area contributed by atoms with Crippen molar-refractivity contribution in [2.45, 2.75) is 13.8 Å². The van der Waals surface area contributed by atoms with E-state index in [1.54, 1.807) is 24.5 Å². The van der Waals surface area contributed by atoms with Crippen LogP contribution in [0.1, 0.15) is 11.1 Å².